The largest absolute Gasteiger partial charge is 0.471 e. The number of nitrogens with zero attached hydrogens (tertiary/aromatic N) is 1. The highest BCUT2D eigenvalue weighted by Crippen LogP contribution is 2.46. The summed E-state index contributed by atoms with van der Waals surface area (Å²) in [5, 5.41) is 0. The highest BCUT2D eigenvalue weighted by Gasteiger charge is 2.46. The Morgan fingerprint density at radius 3 is 2.71 bits per heavy atom. The van der Waals surface area contributed by atoms with Crippen LogP contribution in [0, 0.1) is 0 Å². The van der Waals surface area contributed by atoms with Crippen molar-refractivity contribution in [3.63, 3.8) is 0 Å². The van der Waals surface area contributed by atoms with E-state index in [0.717, 1.165) is 0 Å². The lowest BCUT2D eigenvalue weighted by molar-refractivity contribution is -0.181. The number of hydrogen-bond acceptors (Lipinski definition) is 3. The molecule has 0 spiro atoms. The molecule has 0 aromatic heterocycles. The van der Waals surface area contributed by atoms with Crippen LogP contribution in [0.2, 0.25) is 0 Å². The van der Waals surface area contributed by atoms with Crippen molar-refractivity contribution < 1.29 is 27.0 Å². The van der Waals surface area contributed by atoms with Crippen molar-refractivity contribution >= 4 is 14.4 Å². The number of halogens is 3. The fraction of sp³-hybridized carbons (Fsp3) is 0.833. The van der Waals surface area contributed by atoms with Crippen LogP contribution in [0.5, 0.6) is 0 Å². The Bertz CT molecular complexity index is 223. The van der Waals surface area contributed by atoms with E-state index >= 15 is 0 Å². The quantitative estimate of drug-likeness (QED) is 0.644. The van der Waals surface area contributed by atoms with Gasteiger partial charge in [0, 0.05) is 13.7 Å². The van der Waals surface area contributed by atoms with E-state index in [0.29, 0.717) is 17.7 Å². The summed E-state index contributed by atoms with van der Waals surface area (Å²) in [6, 6.07) is 0. The van der Waals surface area contributed by atoms with E-state index in [2.05, 4.69) is 4.52 Å². The van der Waals surface area contributed by atoms with E-state index in [9.17, 15) is 18.0 Å². The molecule has 1 saturated heterocycles. The van der Waals surface area contributed by atoms with Crippen LogP contribution in [0.3, 0.4) is 0 Å². The van der Waals surface area contributed by atoms with E-state index in [1.54, 1.807) is 0 Å². The lowest BCUT2D eigenvalue weighted by Crippen LogP contribution is -2.41. The lowest BCUT2D eigenvalue weighted by atomic mass is 10.4. The second-order valence-corrected chi connectivity index (χ2v) is 4.12. The zero-order valence-corrected chi connectivity index (χ0v) is 8.27. The zero-order valence-electron chi connectivity index (χ0n) is 7.37. The molecule has 1 unspecified atom stereocenters. The number of carbonyl (C=O) groups is 1. The van der Waals surface area contributed by atoms with E-state index in [4.69, 9.17) is 4.52 Å². The normalized spacial score (nSPS) is 23.7. The zero-order chi connectivity index (χ0) is 10.8. The van der Waals surface area contributed by atoms with Gasteiger partial charge in [-0.15, -0.1) is 0 Å². The van der Waals surface area contributed by atoms with Gasteiger partial charge >= 0.3 is 12.1 Å². The summed E-state index contributed by atoms with van der Waals surface area (Å²) in [6.45, 7) is 0.346. The van der Waals surface area contributed by atoms with Crippen LogP contribution >= 0.6 is 8.53 Å². The SMILES string of the molecule is COP1OCCCN1C(=O)C(F)(F)F. The summed E-state index contributed by atoms with van der Waals surface area (Å²) in [6.07, 6.45) is -4.47. The molecular weight excluding hydrogens is 222 g/mol. The molecule has 0 aromatic rings. The van der Waals surface area contributed by atoms with Gasteiger partial charge in [0.2, 0.25) is 0 Å². The Balaban J connectivity index is 2.69. The van der Waals surface area contributed by atoms with Crippen molar-refractivity contribution in [3.8, 4) is 0 Å². The molecule has 0 aromatic carbocycles. The summed E-state index contributed by atoms with van der Waals surface area (Å²) in [4.78, 5) is 10.8. The van der Waals surface area contributed by atoms with Crippen molar-refractivity contribution in [2.24, 2.45) is 0 Å². The molecule has 0 radical (unpaired) electrons. The van der Waals surface area contributed by atoms with Crippen LogP contribution in [-0.2, 0) is 13.8 Å². The number of hydrogen-bond donors (Lipinski definition) is 0. The van der Waals surface area contributed by atoms with Gasteiger partial charge in [-0.05, 0) is 6.42 Å². The third kappa shape index (κ3) is 2.56. The number of amides is 1. The molecule has 1 aliphatic rings. The van der Waals surface area contributed by atoms with Gasteiger partial charge in [-0.2, -0.15) is 13.2 Å². The van der Waals surface area contributed by atoms with Crippen molar-refractivity contribution in [1.29, 1.82) is 0 Å². The van der Waals surface area contributed by atoms with Crippen LogP contribution in [0.1, 0.15) is 6.42 Å². The molecule has 0 bridgehead atoms. The highest BCUT2D eigenvalue weighted by atomic mass is 31.2. The first-order chi connectivity index (χ1) is 6.46. The molecule has 1 aliphatic heterocycles. The minimum Gasteiger partial charge on any atom is -0.321 e. The van der Waals surface area contributed by atoms with Gasteiger partial charge in [-0.25, -0.2) is 0 Å². The molecule has 1 amide bonds. The number of carbonyl (C=O) groups excluding carboxylic acids is 1. The molecule has 0 saturated carbocycles. The number of rotatable bonds is 1. The summed E-state index contributed by atoms with van der Waals surface area (Å²) >= 11 is 0. The molecular formula is C6H9F3NO3P. The molecule has 82 valence electrons. The maximum Gasteiger partial charge on any atom is 0.471 e. The second kappa shape index (κ2) is 4.42. The van der Waals surface area contributed by atoms with Crippen LogP contribution in [0.15, 0.2) is 0 Å². The van der Waals surface area contributed by atoms with Crippen LogP contribution in [0.4, 0.5) is 13.2 Å². The fourth-order valence-electron chi connectivity index (χ4n) is 0.982. The number of alkyl halides is 3. The Kier molecular flexibility index (Phi) is 3.69. The van der Waals surface area contributed by atoms with Gasteiger partial charge < -0.3 is 9.05 Å². The molecule has 8 heteroatoms. The van der Waals surface area contributed by atoms with E-state index < -0.39 is 20.6 Å². The molecule has 1 atom stereocenters. The van der Waals surface area contributed by atoms with Crippen LogP contribution in [-0.4, -0.2) is 37.0 Å². The van der Waals surface area contributed by atoms with E-state index in [-0.39, 0.29) is 6.54 Å². The van der Waals surface area contributed by atoms with Crippen molar-refractivity contribution in [2.45, 2.75) is 12.6 Å². The average Bonchev–Trinajstić information content (AvgIpc) is 2.15. The molecule has 1 fully saturated rings. The standard InChI is InChI=1S/C6H9F3NO3P/c1-12-14-10(3-2-4-13-14)5(11)6(7,8)9/h2-4H2,1H3. The minimum absolute atomic E-state index is 0.0257. The third-order valence-electron chi connectivity index (χ3n) is 1.55. The second-order valence-electron chi connectivity index (χ2n) is 2.53. The first kappa shape index (κ1) is 11.7. The van der Waals surface area contributed by atoms with Gasteiger partial charge in [-0.3, -0.25) is 9.46 Å². The Morgan fingerprint density at radius 1 is 1.57 bits per heavy atom. The molecule has 4 nitrogen and oxygen atoms in total. The Hall–Kier alpha value is -0.390. The van der Waals surface area contributed by atoms with Crippen molar-refractivity contribution in [2.75, 3.05) is 20.3 Å². The van der Waals surface area contributed by atoms with Gasteiger partial charge in [-0.1, -0.05) is 0 Å². The summed E-state index contributed by atoms with van der Waals surface area (Å²) in [5.41, 5.74) is 0. The summed E-state index contributed by atoms with van der Waals surface area (Å²) in [7, 11) is -0.657. The Labute approximate surface area is 79.9 Å². The van der Waals surface area contributed by atoms with E-state index in [1.807, 2.05) is 0 Å². The molecule has 14 heavy (non-hydrogen) atoms. The van der Waals surface area contributed by atoms with Gasteiger partial charge in [0.1, 0.15) is 0 Å². The first-order valence-corrected chi connectivity index (χ1v) is 4.95. The predicted octanol–water partition coefficient (Wildman–Crippen LogP) is 1.67. The average molecular weight is 231 g/mol. The summed E-state index contributed by atoms with van der Waals surface area (Å²) < 4.78 is 46.3. The van der Waals surface area contributed by atoms with Gasteiger partial charge in [0.25, 0.3) is 8.53 Å². The highest BCUT2D eigenvalue weighted by molar-refractivity contribution is 7.45. The van der Waals surface area contributed by atoms with Crippen molar-refractivity contribution in [1.82, 2.24) is 4.67 Å². The van der Waals surface area contributed by atoms with Crippen LogP contribution < -0.4 is 0 Å². The maximum atomic E-state index is 12.1. The maximum absolute atomic E-state index is 12.1. The third-order valence-corrected chi connectivity index (χ3v) is 3.04. The molecule has 1 rings (SSSR count). The van der Waals surface area contributed by atoms with Gasteiger partial charge in [0.05, 0.1) is 6.61 Å². The molecule has 1 heterocycles. The van der Waals surface area contributed by atoms with Crippen LogP contribution in [0.25, 0.3) is 0 Å². The molecule has 0 N–H and O–H groups in total. The van der Waals surface area contributed by atoms with E-state index in [1.165, 1.54) is 7.11 Å². The minimum atomic E-state index is -4.86. The molecule has 0 aliphatic carbocycles. The smallest absolute Gasteiger partial charge is 0.321 e. The Morgan fingerprint density at radius 2 is 2.21 bits per heavy atom. The monoisotopic (exact) mass is 231 g/mol. The first-order valence-electron chi connectivity index (χ1n) is 3.82. The summed E-state index contributed by atoms with van der Waals surface area (Å²) in [5.74, 6) is -1.90. The lowest BCUT2D eigenvalue weighted by Gasteiger charge is -2.32. The van der Waals surface area contributed by atoms with Crippen molar-refractivity contribution in [3.05, 3.63) is 0 Å². The topological polar surface area (TPSA) is 38.8 Å². The van der Waals surface area contributed by atoms with Gasteiger partial charge in [0.15, 0.2) is 0 Å². The fourth-order valence-corrected chi connectivity index (χ4v) is 2.28. The predicted molar refractivity (Wildman–Crippen MR) is 42.3 cm³/mol.